The second kappa shape index (κ2) is 3.85. The zero-order valence-corrected chi connectivity index (χ0v) is 7.32. The SMILES string of the molecule is CN(C)c1ccc(CC=O)nc1. The molecule has 3 nitrogen and oxygen atoms in total. The summed E-state index contributed by atoms with van der Waals surface area (Å²) in [5, 5.41) is 0. The predicted molar refractivity (Wildman–Crippen MR) is 48.3 cm³/mol. The van der Waals surface area contributed by atoms with Crippen LogP contribution in [0.5, 0.6) is 0 Å². The van der Waals surface area contributed by atoms with E-state index in [2.05, 4.69) is 4.98 Å². The summed E-state index contributed by atoms with van der Waals surface area (Å²) in [5.41, 5.74) is 1.86. The summed E-state index contributed by atoms with van der Waals surface area (Å²) in [6, 6.07) is 3.82. The van der Waals surface area contributed by atoms with Gasteiger partial charge in [-0.2, -0.15) is 0 Å². The molecule has 0 aliphatic carbocycles. The first kappa shape index (κ1) is 8.71. The number of hydrogen-bond donors (Lipinski definition) is 0. The Kier molecular flexibility index (Phi) is 2.80. The summed E-state index contributed by atoms with van der Waals surface area (Å²) in [6.45, 7) is 0. The lowest BCUT2D eigenvalue weighted by Gasteiger charge is -2.11. The Labute approximate surface area is 72.0 Å². The summed E-state index contributed by atoms with van der Waals surface area (Å²) in [7, 11) is 3.91. The summed E-state index contributed by atoms with van der Waals surface area (Å²) in [4.78, 5) is 16.2. The summed E-state index contributed by atoms with van der Waals surface area (Å²) >= 11 is 0. The van der Waals surface area contributed by atoms with Crippen LogP contribution in [0.4, 0.5) is 5.69 Å². The maximum absolute atomic E-state index is 10.1. The Balaban J connectivity index is 2.78. The first-order valence-corrected chi connectivity index (χ1v) is 3.80. The fraction of sp³-hybridized carbons (Fsp3) is 0.333. The number of nitrogens with zero attached hydrogens (tertiary/aromatic N) is 2. The number of aromatic nitrogens is 1. The lowest BCUT2D eigenvalue weighted by atomic mass is 10.3. The van der Waals surface area contributed by atoms with Gasteiger partial charge in [0.15, 0.2) is 0 Å². The van der Waals surface area contributed by atoms with Crippen LogP contribution in [-0.2, 0) is 11.2 Å². The van der Waals surface area contributed by atoms with Gasteiger partial charge < -0.3 is 9.69 Å². The summed E-state index contributed by atoms with van der Waals surface area (Å²) in [6.07, 6.45) is 3.02. The topological polar surface area (TPSA) is 33.2 Å². The molecule has 0 unspecified atom stereocenters. The van der Waals surface area contributed by atoms with Crippen molar-refractivity contribution in [2.24, 2.45) is 0 Å². The highest BCUT2D eigenvalue weighted by Crippen LogP contribution is 2.08. The normalized spacial score (nSPS) is 9.50. The molecular weight excluding hydrogens is 152 g/mol. The van der Waals surface area contributed by atoms with Gasteiger partial charge in [0.2, 0.25) is 0 Å². The fourth-order valence-electron chi connectivity index (χ4n) is 0.887. The van der Waals surface area contributed by atoms with Gasteiger partial charge in [-0.15, -0.1) is 0 Å². The van der Waals surface area contributed by atoms with Crippen molar-refractivity contribution in [1.82, 2.24) is 4.98 Å². The second-order valence-corrected chi connectivity index (χ2v) is 2.77. The van der Waals surface area contributed by atoms with Gasteiger partial charge in [0.1, 0.15) is 6.29 Å². The van der Waals surface area contributed by atoms with Gasteiger partial charge in [-0.3, -0.25) is 4.98 Å². The number of carbonyl (C=O) groups is 1. The molecule has 3 heteroatoms. The van der Waals surface area contributed by atoms with Gasteiger partial charge in [-0.25, -0.2) is 0 Å². The molecule has 0 atom stereocenters. The number of hydrogen-bond acceptors (Lipinski definition) is 3. The van der Waals surface area contributed by atoms with Gasteiger partial charge in [-0.1, -0.05) is 0 Å². The zero-order chi connectivity index (χ0) is 8.97. The first-order chi connectivity index (χ1) is 5.74. The second-order valence-electron chi connectivity index (χ2n) is 2.77. The molecule has 64 valence electrons. The van der Waals surface area contributed by atoms with E-state index in [4.69, 9.17) is 0 Å². The van der Waals surface area contributed by atoms with E-state index in [1.54, 1.807) is 6.20 Å². The number of anilines is 1. The van der Waals surface area contributed by atoms with Crippen LogP contribution in [0.15, 0.2) is 18.3 Å². The third kappa shape index (κ3) is 2.05. The van der Waals surface area contributed by atoms with Crippen LogP contribution in [0.2, 0.25) is 0 Å². The maximum Gasteiger partial charge on any atom is 0.125 e. The van der Waals surface area contributed by atoms with Crippen molar-refractivity contribution < 1.29 is 4.79 Å². The molecule has 0 fully saturated rings. The minimum atomic E-state index is 0.397. The van der Waals surface area contributed by atoms with E-state index in [1.165, 1.54) is 0 Å². The van der Waals surface area contributed by atoms with Crippen molar-refractivity contribution in [1.29, 1.82) is 0 Å². The Bertz CT molecular complexity index is 254. The van der Waals surface area contributed by atoms with Gasteiger partial charge in [0.05, 0.1) is 11.9 Å². The number of aldehydes is 1. The van der Waals surface area contributed by atoms with Crippen molar-refractivity contribution in [2.45, 2.75) is 6.42 Å². The van der Waals surface area contributed by atoms with Crippen LogP contribution in [0.3, 0.4) is 0 Å². The van der Waals surface area contributed by atoms with Crippen molar-refractivity contribution in [3.63, 3.8) is 0 Å². The molecule has 0 amide bonds. The molecule has 0 aliphatic rings. The van der Waals surface area contributed by atoms with Crippen molar-refractivity contribution >= 4 is 12.0 Å². The summed E-state index contributed by atoms with van der Waals surface area (Å²) in [5.74, 6) is 0. The van der Waals surface area contributed by atoms with E-state index >= 15 is 0 Å². The number of rotatable bonds is 3. The van der Waals surface area contributed by atoms with Crippen LogP contribution in [0.1, 0.15) is 5.69 Å². The lowest BCUT2D eigenvalue weighted by Crippen LogP contribution is -2.09. The van der Waals surface area contributed by atoms with Crippen molar-refractivity contribution in [3.8, 4) is 0 Å². The number of pyridine rings is 1. The van der Waals surface area contributed by atoms with Gasteiger partial charge in [-0.05, 0) is 12.1 Å². The van der Waals surface area contributed by atoms with Crippen LogP contribution < -0.4 is 4.90 Å². The zero-order valence-electron chi connectivity index (χ0n) is 7.32. The molecule has 1 aromatic heterocycles. The minimum Gasteiger partial charge on any atom is -0.376 e. The van der Waals surface area contributed by atoms with Gasteiger partial charge in [0.25, 0.3) is 0 Å². The quantitative estimate of drug-likeness (QED) is 0.622. The predicted octanol–water partition coefficient (Wildman–Crippen LogP) is 0.889. The minimum absolute atomic E-state index is 0.397. The van der Waals surface area contributed by atoms with E-state index < -0.39 is 0 Å². The first-order valence-electron chi connectivity index (χ1n) is 3.80. The number of carbonyl (C=O) groups excluding carboxylic acids is 1. The molecule has 12 heavy (non-hydrogen) atoms. The molecule has 0 radical (unpaired) electrons. The highest BCUT2D eigenvalue weighted by Gasteiger charge is 1.95. The van der Waals surface area contributed by atoms with Crippen molar-refractivity contribution in [2.75, 3.05) is 19.0 Å². The average molecular weight is 164 g/mol. The molecule has 0 aliphatic heterocycles. The molecule has 0 N–H and O–H groups in total. The Morgan fingerprint density at radius 2 is 2.25 bits per heavy atom. The van der Waals surface area contributed by atoms with E-state index in [9.17, 15) is 4.79 Å². The summed E-state index contributed by atoms with van der Waals surface area (Å²) < 4.78 is 0. The Morgan fingerprint density at radius 3 is 2.67 bits per heavy atom. The smallest absolute Gasteiger partial charge is 0.125 e. The Hall–Kier alpha value is -1.38. The largest absolute Gasteiger partial charge is 0.376 e. The van der Waals surface area contributed by atoms with Gasteiger partial charge >= 0.3 is 0 Å². The average Bonchev–Trinajstić information content (AvgIpc) is 2.06. The molecule has 0 saturated carbocycles. The molecule has 0 saturated heterocycles. The monoisotopic (exact) mass is 164 g/mol. The molecular formula is C9H12N2O. The van der Waals surface area contributed by atoms with E-state index in [0.717, 1.165) is 17.7 Å². The van der Waals surface area contributed by atoms with Crippen LogP contribution >= 0.6 is 0 Å². The highest BCUT2D eigenvalue weighted by atomic mass is 16.1. The van der Waals surface area contributed by atoms with E-state index in [0.29, 0.717) is 6.42 Å². The third-order valence-corrected chi connectivity index (χ3v) is 1.62. The maximum atomic E-state index is 10.1. The molecule has 0 aromatic carbocycles. The lowest BCUT2D eigenvalue weighted by molar-refractivity contribution is -0.107. The fourth-order valence-corrected chi connectivity index (χ4v) is 0.887. The highest BCUT2D eigenvalue weighted by molar-refractivity contribution is 5.54. The molecule has 1 rings (SSSR count). The van der Waals surface area contributed by atoms with Crippen molar-refractivity contribution in [3.05, 3.63) is 24.0 Å². The van der Waals surface area contributed by atoms with E-state index in [-0.39, 0.29) is 0 Å². The van der Waals surface area contributed by atoms with Crippen LogP contribution in [-0.4, -0.2) is 25.4 Å². The van der Waals surface area contributed by atoms with Crippen LogP contribution in [0, 0.1) is 0 Å². The third-order valence-electron chi connectivity index (χ3n) is 1.62. The van der Waals surface area contributed by atoms with Crippen LogP contribution in [0.25, 0.3) is 0 Å². The molecule has 1 heterocycles. The molecule has 0 spiro atoms. The van der Waals surface area contributed by atoms with E-state index in [1.807, 2.05) is 31.1 Å². The standard InChI is InChI=1S/C9H12N2O/c1-11(2)9-4-3-8(5-6-12)10-7-9/h3-4,6-7H,5H2,1-2H3. The van der Waals surface area contributed by atoms with Gasteiger partial charge in [0, 0.05) is 26.2 Å². The molecule has 0 bridgehead atoms. The Morgan fingerprint density at radius 1 is 1.50 bits per heavy atom. The molecule has 1 aromatic rings.